The molecule has 0 amide bonds. The van der Waals surface area contributed by atoms with Gasteiger partial charge >= 0.3 is 0 Å². The lowest BCUT2D eigenvalue weighted by Gasteiger charge is -2.45. The number of rotatable bonds is 2. The van der Waals surface area contributed by atoms with Crippen LogP contribution in [-0.2, 0) is 9.53 Å². The molecule has 4 rings (SSSR count). The average Bonchev–Trinajstić information content (AvgIpc) is 3.17. The van der Waals surface area contributed by atoms with Crippen LogP contribution in [0, 0.1) is 23.2 Å². The minimum Gasteiger partial charge on any atom is -0.392 e. The second-order valence-corrected chi connectivity index (χ2v) is 10.6. The predicted octanol–water partition coefficient (Wildman–Crippen LogP) is 4.12. The Balaban J connectivity index is 1.75. The van der Waals surface area contributed by atoms with Crippen molar-refractivity contribution in [3.8, 4) is 0 Å². The Morgan fingerprint density at radius 1 is 1.31 bits per heavy atom. The van der Waals surface area contributed by atoms with Crippen molar-refractivity contribution < 1.29 is 19.7 Å². The Morgan fingerprint density at radius 3 is 2.69 bits per heavy atom. The van der Waals surface area contributed by atoms with E-state index in [4.69, 9.17) is 4.74 Å². The lowest BCUT2D eigenvalue weighted by atomic mass is 9.62. The van der Waals surface area contributed by atoms with E-state index in [0.29, 0.717) is 23.5 Å². The van der Waals surface area contributed by atoms with Gasteiger partial charge in [0.05, 0.1) is 24.4 Å². The van der Waals surface area contributed by atoms with Crippen molar-refractivity contribution in [2.24, 2.45) is 23.2 Å². The fourth-order valence-corrected chi connectivity index (χ4v) is 6.98. The molecule has 2 fully saturated rings. The van der Waals surface area contributed by atoms with Gasteiger partial charge in [0.25, 0.3) is 0 Å². The Bertz CT molecular complexity index is 802. The molecular formula is C25H36O4. The van der Waals surface area contributed by atoms with Crippen molar-refractivity contribution in [2.45, 2.75) is 84.5 Å². The minimum absolute atomic E-state index is 0.00568. The number of fused-ring (bicyclic) bond motifs is 3. The molecule has 2 N–H and O–H groups in total. The van der Waals surface area contributed by atoms with Gasteiger partial charge in [0.15, 0.2) is 5.78 Å². The SMILES string of the molecule is CC(C)=C[C@H]1C[C@H](C)[C@]2(CC[C@]3(C)C[C@@H]4C(C)=CC(=O)/C4=C(\CO)[C@@H](O)CC32)O1. The van der Waals surface area contributed by atoms with Crippen molar-refractivity contribution >= 4 is 5.78 Å². The molecule has 160 valence electrons. The first-order valence-corrected chi connectivity index (χ1v) is 11.2. The molecule has 1 saturated carbocycles. The van der Waals surface area contributed by atoms with E-state index >= 15 is 0 Å². The number of ether oxygens (including phenoxy) is 1. The largest absolute Gasteiger partial charge is 0.392 e. The highest BCUT2D eigenvalue weighted by molar-refractivity contribution is 6.08. The minimum atomic E-state index is -0.793. The van der Waals surface area contributed by atoms with Crippen molar-refractivity contribution in [3.63, 3.8) is 0 Å². The van der Waals surface area contributed by atoms with Gasteiger partial charge < -0.3 is 14.9 Å². The second-order valence-electron chi connectivity index (χ2n) is 10.6. The van der Waals surface area contributed by atoms with Gasteiger partial charge in [0.2, 0.25) is 0 Å². The zero-order valence-electron chi connectivity index (χ0n) is 18.5. The molecule has 0 radical (unpaired) electrons. The van der Waals surface area contributed by atoms with Crippen molar-refractivity contribution in [1.82, 2.24) is 0 Å². The first-order valence-electron chi connectivity index (χ1n) is 11.2. The molecule has 1 spiro atoms. The third-order valence-electron chi connectivity index (χ3n) is 8.40. The first kappa shape index (κ1) is 21.0. The van der Waals surface area contributed by atoms with E-state index in [-0.39, 0.29) is 41.3 Å². The number of carbonyl (C=O) groups excluding carboxylic acids is 1. The Morgan fingerprint density at radius 2 is 2.03 bits per heavy atom. The number of ketones is 1. The predicted molar refractivity (Wildman–Crippen MR) is 113 cm³/mol. The molecule has 4 heteroatoms. The zero-order valence-corrected chi connectivity index (χ0v) is 18.5. The molecular weight excluding hydrogens is 364 g/mol. The van der Waals surface area contributed by atoms with Gasteiger partial charge in [-0.2, -0.15) is 0 Å². The van der Waals surface area contributed by atoms with E-state index in [0.717, 1.165) is 31.3 Å². The van der Waals surface area contributed by atoms with Crippen LogP contribution in [0.15, 0.2) is 34.4 Å². The number of aliphatic hydroxyl groups is 2. The van der Waals surface area contributed by atoms with Crippen molar-refractivity contribution in [1.29, 1.82) is 0 Å². The molecule has 0 aromatic carbocycles. The summed E-state index contributed by atoms with van der Waals surface area (Å²) < 4.78 is 6.79. The Hall–Kier alpha value is -1.23. The van der Waals surface area contributed by atoms with Crippen LogP contribution in [0.25, 0.3) is 0 Å². The maximum absolute atomic E-state index is 12.7. The van der Waals surface area contributed by atoms with Gasteiger partial charge in [0.1, 0.15) is 0 Å². The molecule has 4 nitrogen and oxygen atoms in total. The summed E-state index contributed by atoms with van der Waals surface area (Å²) in [5, 5.41) is 21.2. The van der Waals surface area contributed by atoms with E-state index in [1.807, 2.05) is 6.92 Å². The maximum atomic E-state index is 12.7. The third-order valence-corrected chi connectivity index (χ3v) is 8.40. The van der Waals surface area contributed by atoms with Crippen LogP contribution < -0.4 is 0 Å². The van der Waals surface area contributed by atoms with Crippen LogP contribution in [0.5, 0.6) is 0 Å². The quantitative estimate of drug-likeness (QED) is 0.684. The van der Waals surface area contributed by atoms with Gasteiger partial charge in [-0.3, -0.25) is 4.79 Å². The molecule has 4 aliphatic rings. The fraction of sp³-hybridized carbons (Fsp3) is 0.720. The Labute approximate surface area is 174 Å². The molecule has 29 heavy (non-hydrogen) atoms. The van der Waals surface area contributed by atoms with Crippen molar-refractivity contribution in [3.05, 3.63) is 34.4 Å². The fourth-order valence-electron chi connectivity index (χ4n) is 6.98. The number of aliphatic hydroxyl groups excluding tert-OH is 2. The molecule has 7 atom stereocenters. The first-order chi connectivity index (χ1) is 13.6. The number of hydrogen-bond acceptors (Lipinski definition) is 4. The molecule has 1 unspecified atom stereocenters. The van der Waals surface area contributed by atoms with E-state index in [9.17, 15) is 15.0 Å². The molecule has 0 aromatic rings. The van der Waals surface area contributed by atoms with E-state index < -0.39 is 6.10 Å². The summed E-state index contributed by atoms with van der Waals surface area (Å²) in [7, 11) is 0. The molecule has 1 aliphatic heterocycles. The summed E-state index contributed by atoms with van der Waals surface area (Å²) in [4.78, 5) is 12.7. The topological polar surface area (TPSA) is 66.8 Å². The summed E-state index contributed by atoms with van der Waals surface area (Å²) in [6.07, 6.45) is 7.80. The van der Waals surface area contributed by atoms with Crippen LogP contribution in [0.4, 0.5) is 0 Å². The Kier molecular flexibility index (Phi) is 5.20. The van der Waals surface area contributed by atoms with E-state index in [2.05, 4.69) is 33.8 Å². The molecule has 0 bridgehead atoms. The molecule has 1 saturated heterocycles. The van der Waals surface area contributed by atoms with Gasteiger partial charge in [-0.15, -0.1) is 0 Å². The summed E-state index contributed by atoms with van der Waals surface area (Å²) >= 11 is 0. The molecule has 0 aromatic heterocycles. The van der Waals surface area contributed by atoms with Gasteiger partial charge in [0, 0.05) is 11.5 Å². The summed E-state index contributed by atoms with van der Waals surface area (Å²) in [6.45, 7) is 10.6. The summed E-state index contributed by atoms with van der Waals surface area (Å²) in [6, 6.07) is 0. The highest BCUT2D eigenvalue weighted by Gasteiger charge is 2.62. The highest BCUT2D eigenvalue weighted by Crippen LogP contribution is 2.63. The second kappa shape index (κ2) is 7.18. The van der Waals surface area contributed by atoms with Crippen LogP contribution in [0.2, 0.25) is 0 Å². The lowest BCUT2D eigenvalue weighted by molar-refractivity contribution is -0.112. The van der Waals surface area contributed by atoms with Crippen LogP contribution in [0.3, 0.4) is 0 Å². The monoisotopic (exact) mass is 400 g/mol. The van der Waals surface area contributed by atoms with Crippen LogP contribution in [-0.4, -0.2) is 40.4 Å². The smallest absolute Gasteiger partial charge is 0.182 e. The van der Waals surface area contributed by atoms with Gasteiger partial charge in [-0.1, -0.05) is 31.1 Å². The number of carbonyl (C=O) groups is 1. The lowest BCUT2D eigenvalue weighted by Crippen LogP contribution is -2.46. The normalized spacial score (nSPS) is 46.9. The standard InChI is InChI=1S/C25H36O4/c1-14(2)8-17-10-16(4)25(29-17)7-6-24(5)12-18-15(3)9-21(28)23(18)19(13-26)20(27)11-22(24)25/h8-9,16-18,20,22,26-27H,6-7,10-13H2,1-5H3/b23-19+/t16-,17-,18+,20-,22?,24+,25-/m0/s1. The van der Waals surface area contributed by atoms with Gasteiger partial charge in [-0.05, 0) is 81.8 Å². The highest BCUT2D eigenvalue weighted by atomic mass is 16.5. The maximum Gasteiger partial charge on any atom is 0.182 e. The average molecular weight is 401 g/mol. The zero-order chi connectivity index (χ0) is 21.1. The molecule has 1 heterocycles. The van der Waals surface area contributed by atoms with Gasteiger partial charge in [-0.25, -0.2) is 0 Å². The van der Waals surface area contributed by atoms with Crippen molar-refractivity contribution in [2.75, 3.05) is 6.61 Å². The van der Waals surface area contributed by atoms with E-state index in [1.54, 1.807) is 6.08 Å². The molecule has 3 aliphatic carbocycles. The van der Waals surface area contributed by atoms with E-state index in [1.165, 1.54) is 5.57 Å². The summed E-state index contributed by atoms with van der Waals surface area (Å²) in [5.41, 5.74) is 3.30. The number of allylic oxidation sites excluding steroid dienone is 4. The van der Waals surface area contributed by atoms with Crippen LogP contribution >= 0.6 is 0 Å². The summed E-state index contributed by atoms with van der Waals surface area (Å²) in [5.74, 6) is 0.610. The van der Waals surface area contributed by atoms with Crippen LogP contribution in [0.1, 0.15) is 66.7 Å². The third kappa shape index (κ3) is 3.19. The number of hydrogen-bond donors (Lipinski definition) is 2.